The normalized spacial score (nSPS) is 14.9. The van der Waals surface area contributed by atoms with E-state index in [0.29, 0.717) is 18.7 Å². The molecule has 0 radical (unpaired) electrons. The molecule has 1 aliphatic rings. The molecule has 1 heterocycles. The van der Waals surface area contributed by atoms with Gasteiger partial charge >= 0.3 is 0 Å². The number of amides is 1. The Morgan fingerprint density at radius 1 is 1.06 bits per heavy atom. The van der Waals surface area contributed by atoms with Crippen LogP contribution in [0.15, 0.2) is 59.5 Å². The van der Waals surface area contributed by atoms with Crippen LogP contribution in [0.2, 0.25) is 0 Å². The van der Waals surface area contributed by atoms with Crippen molar-refractivity contribution in [3.8, 4) is 0 Å². The lowest BCUT2D eigenvalue weighted by Crippen LogP contribution is -2.42. The number of benzene rings is 2. The van der Waals surface area contributed by atoms with Crippen LogP contribution in [0.5, 0.6) is 0 Å². The highest BCUT2D eigenvalue weighted by molar-refractivity contribution is 7.92. The minimum absolute atomic E-state index is 0.168. The average molecular weight is 446 g/mol. The van der Waals surface area contributed by atoms with Crippen molar-refractivity contribution in [2.45, 2.75) is 24.7 Å². The Balaban J connectivity index is 1.70. The predicted octanol–water partition coefficient (Wildman–Crippen LogP) is 2.28. The molecule has 7 nitrogen and oxygen atoms in total. The molecule has 8 heteroatoms. The number of hydrogen-bond acceptors (Lipinski definition) is 5. The Morgan fingerprint density at radius 2 is 1.74 bits per heavy atom. The fourth-order valence-corrected chi connectivity index (χ4v) is 5.09. The lowest BCUT2D eigenvalue weighted by atomic mass is 10.1. The summed E-state index contributed by atoms with van der Waals surface area (Å²) >= 11 is 0. The summed E-state index contributed by atoms with van der Waals surface area (Å²) in [5, 5.41) is 2.88. The van der Waals surface area contributed by atoms with E-state index in [1.54, 1.807) is 42.5 Å². The highest BCUT2D eigenvalue weighted by Crippen LogP contribution is 2.27. The van der Waals surface area contributed by atoms with E-state index in [0.717, 1.165) is 44.8 Å². The number of aryl methyl sites for hydroxylation is 1. The van der Waals surface area contributed by atoms with Gasteiger partial charge in [-0.2, -0.15) is 0 Å². The summed E-state index contributed by atoms with van der Waals surface area (Å²) in [6, 6.07) is 15.6. The molecule has 0 aromatic heterocycles. The topological polar surface area (TPSA) is 79.0 Å². The quantitative estimate of drug-likeness (QED) is 0.568. The number of morpholine rings is 1. The van der Waals surface area contributed by atoms with Crippen LogP contribution in [0.25, 0.3) is 0 Å². The molecule has 0 saturated carbocycles. The maximum absolute atomic E-state index is 13.4. The molecule has 31 heavy (non-hydrogen) atoms. The molecule has 0 unspecified atom stereocenters. The minimum Gasteiger partial charge on any atom is -0.379 e. The van der Waals surface area contributed by atoms with Crippen LogP contribution in [0, 0.1) is 0 Å². The first-order valence-corrected chi connectivity index (χ1v) is 12.2. The maximum atomic E-state index is 13.4. The van der Waals surface area contributed by atoms with Crippen LogP contribution in [-0.2, 0) is 26.0 Å². The van der Waals surface area contributed by atoms with Gasteiger partial charge in [0.05, 0.1) is 23.8 Å². The van der Waals surface area contributed by atoms with E-state index >= 15 is 0 Å². The van der Waals surface area contributed by atoms with Crippen molar-refractivity contribution in [1.82, 2.24) is 10.2 Å². The number of nitrogens with zero attached hydrogens (tertiary/aromatic N) is 2. The molecule has 1 amide bonds. The fraction of sp³-hybridized carbons (Fsp3) is 0.435. The second-order valence-electron chi connectivity index (χ2n) is 7.46. The standard InChI is InChI=1S/C23H31N3O4S/c1-2-20-9-6-7-12-22(20)26(31(28,29)21-10-4-3-5-11-21)19-23(27)24-13-8-14-25-15-17-30-18-16-25/h3-7,9-12H,2,8,13-19H2,1H3,(H,24,27). The molecule has 1 saturated heterocycles. The summed E-state index contributed by atoms with van der Waals surface area (Å²) in [6.45, 7) is 6.41. The first kappa shape index (κ1) is 23.2. The average Bonchev–Trinajstić information content (AvgIpc) is 2.81. The summed E-state index contributed by atoms with van der Waals surface area (Å²) in [5.74, 6) is -0.313. The van der Waals surface area contributed by atoms with Crippen LogP contribution in [-0.4, -0.2) is 65.2 Å². The zero-order valence-electron chi connectivity index (χ0n) is 18.0. The van der Waals surface area contributed by atoms with Crippen molar-refractivity contribution in [2.75, 3.05) is 50.2 Å². The lowest BCUT2D eigenvalue weighted by molar-refractivity contribution is -0.119. The van der Waals surface area contributed by atoms with Crippen molar-refractivity contribution >= 4 is 21.6 Å². The number of hydrogen-bond donors (Lipinski definition) is 1. The van der Waals surface area contributed by atoms with E-state index in [4.69, 9.17) is 4.74 Å². The number of nitrogens with one attached hydrogen (secondary N) is 1. The molecular weight excluding hydrogens is 414 g/mol. The predicted molar refractivity (Wildman–Crippen MR) is 122 cm³/mol. The Morgan fingerprint density at radius 3 is 2.45 bits per heavy atom. The summed E-state index contributed by atoms with van der Waals surface area (Å²) < 4.78 is 33.4. The Kier molecular flexibility index (Phi) is 8.45. The summed E-state index contributed by atoms with van der Waals surface area (Å²) in [6.07, 6.45) is 1.47. The number of para-hydroxylation sites is 1. The van der Waals surface area contributed by atoms with E-state index in [2.05, 4.69) is 10.2 Å². The summed E-state index contributed by atoms with van der Waals surface area (Å²) in [7, 11) is -3.88. The first-order chi connectivity index (χ1) is 15.0. The molecule has 1 aliphatic heterocycles. The number of anilines is 1. The summed E-state index contributed by atoms with van der Waals surface area (Å²) in [4.78, 5) is 15.2. The van der Waals surface area contributed by atoms with Gasteiger partial charge < -0.3 is 10.1 Å². The highest BCUT2D eigenvalue weighted by atomic mass is 32.2. The second kappa shape index (κ2) is 11.3. The highest BCUT2D eigenvalue weighted by Gasteiger charge is 2.28. The SMILES string of the molecule is CCc1ccccc1N(CC(=O)NCCCN1CCOCC1)S(=O)(=O)c1ccccc1. The fourth-order valence-electron chi connectivity index (χ4n) is 3.61. The van der Waals surface area contributed by atoms with Gasteiger partial charge in [0.1, 0.15) is 6.54 Å². The Bertz CT molecular complexity index is 944. The first-order valence-electron chi connectivity index (χ1n) is 10.7. The van der Waals surface area contributed by atoms with Crippen LogP contribution in [0.1, 0.15) is 18.9 Å². The molecule has 1 fully saturated rings. The van der Waals surface area contributed by atoms with E-state index in [9.17, 15) is 13.2 Å². The maximum Gasteiger partial charge on any atom is 0.264 e. The van der Waals surface area contributed by atoms with Gasteiger partial charge in [0.25, 0.3) is 10.0 Å². The molecular formula is C23H31N3O4S. The molecule has 3 rings (SSSR count). The number of rotatable bonds is 10. The third kappa shape index (κ3) is 6.29. The molecule has 1 N–H and O–H groups in total. The van der Waals surface area contributed by atoms with Crippen molar-refractivity contribution < 1.29 is 17.9 Å². The molecule has 0 spiro atoms. The Labute approximate surface area is 185 Å². The monoisotopic (exact) mass is 445 g/mol. The van der Waals surface area contributed by atoms with Gasteiger partial charge in [-0.05, 0) is 43.1 Å². The minimum atomic E-state index is -3.88. The lowest BCUT2D eigenvalue weighted by Gasteiger charge is -2.27. The van der Waals surface area contributed by atoms with Crippen molar-refractivity contribution in [1.29, 1.82) is 0 Å². The zero-order chi connectivity index (χ0) is 22.1. The van der Waals surface area contributed by atoms with E-state index in [-0.39, 0.29) is 17.3 Å². The van der Waals surface area contributed by atoms with Gasteiger partial charge in [0.2, 0.25) is 5.91 Å². The second-order valence-corrected chi connectivity index (χ2v) is 9.33. The van der Waals surface area contributed by atoms with Crippen molar-refractivity contribution in [2.24, 2.45) is 0 Å². The van der Waals surface area contributed by atoms with Gasteiger partial charge in [0.15, 0.2) is 0 Å². The van der Waals surface area contributed by atoms with Gasteiger partial charge in [-0.3, -0.25) is 14.0 Å². The van der Waals surface area contributed by atoms with Crippen molar-refractivity contribution in [3.05, 3.63) is 60.2 Å². The number of ether oxygens (including phenoxy) is 1. The third-order valence-electron chi connectivity index (χ3n) is 5.34. The smallest absolute Gasteiger partial charge is 0.264 e. The van der Waals surface area contributed by atoms with Crippen molar-refractivity contribution in [3.63, 3.8) is 0 Å². The van der Waals surface area contributed by atoms with Gasteiger partial charge in [-0.25, -0.2) is 8.42 Å². The number of carbonyl (C=O) groups is 1. The van der Waals surface area contributed by atoms with E-state index < -0.39 is 10.0 Å². The molecule has 2 aromatic rings. The molecule has 0 aliphatic carbocycles. The largest absolute Gasteiger partial charge is 0.379 e. The van der Waals surface area contributed by atoms with Gasteiger partial charge in [0, 0.05) is 19.6 Å². The van der Waals surface area contributed by atoms with Crippen LogP contribution in [0.3, 0.4) is 0 Å². The van der Waals surface area contributed by atoms with Crippen LogP contribution >= 0.6 is 0 Å². The molecule has 0 bridgehead atoms. The van der Waals surface area contributed by atoms with Crippen LogP contribution in [0.4, 0.5) is 5.69 Å². The number of carbonyl (C=O) groups excluding carboxylic acids is 1. The molecule has 2 aromatic carbocycles. The van der Waals surface area contributed by atoms with Gasteiger partial charge in [-0.15, -0.1) is 0 Å². The summed E-state index contributed by atoms with van der Waals surface area (Å²) in [5.41, 5.74) is 1.42. The van der Waals surface area contributed by atoms with Crippen LogP contribution < -0.4 is 9.62 Å². The zero-order valence-corrected chi connectivity index (χ0v) is 18.8. The van der Waals surface area contributed by atoms with Gasteiger partial charge in [-0.1, -0.05) is 43.3 Å². The third-order valence-corrected chi connectivity index (χ3v) is 7.11. The Hall–Kier alpha value is -2.42. The molecule has 0 atom stereocenters. The number of sulfonamides is 1. The van der Waals surface area contributed by atoms with E-state index in [1.807, 2.05) is 19.1 Å². The molecule has 168 valence electrons. The van der Waals surface area contributed by atoms with E-state index in [1.165, 1.54) is 4.31 Å².